The van der Waals surface area contributed by atoms with Gasteiger partial charge in [-0.05, 0) is 5.56 Å². The molecule has 4 rings (SSSR count). The van der Waals surface area contributed by atoms with Crippen molar-refractivity contribution in [1.82, 2.24) is 9.21 Å². The van der Waals surface area contributed by atoms with Crippen molar-refractivity contribution in [1.29, 1.82) is 0 Å². The maximum atomic E-state index is 13.2. The van der Waals surface area contributed by atoms with Crippen LogP contribution in [-0.2, 0) is 30.0 Å². The number of fused-ring (bicyclic) bond motifs is 1. The summed E-state index contributed by atoms with van der Waals surface area (Å²) in [5, 5.41) is 0. The highest BCUT2D eigenvalue weighted by Crippen LogP contribution is 2.44. The van der Waals surface area contributed by atoms with Crippen LogP contribution >= 0.6 is 0 Å². The van der Waals surface area contributed by atoms with Gasteiger partial charge in [0.2, 0.25) is 15.9 Å². The Kier molecular flexibility index (Phi) is 4.77. The largest absolute Gasteiger partial charge is 0.380 e. The van der Waals surface area contributed by atoms with Gasteiger partial charge in [0.25, 0.3) is 0 Å². The molecule has 7 nitrogen and oxygen atoms in total. The van der Waals surface area contributed by atoms with Crippen LogP contribution in [0.3, 0.4) is 0 Å². The van der Waals surface area contributed by atoms with E-state index in [4.69, 9.17) is 9.47 Å². The molecule has 3 saturated heterocycles. The van der Waals surface area contributed by atoms with Gasteiger partial charge in [-0.25, -0.2) is 12.7 Å². The first kappa shape index (κ1) is 17.9. The van der Waals surface area contributed by atoms with Crippen molar-refractivity contribution in [2.24, 2.45) is 11.3 Å². The van der Waals surface area contributed by atoms with Crippen LogP contribution in [0.4, 0.5) is 0 Å². The molecule has 0 aliphatic carbocycles. The number of morpholine rings is 1. The Bertz CT molecular complexity index is 763. The van der Waals surface area contributed by atoms with E-state index in [-0.39, 0.29) is 24.1 Å². The predicted molar refractivity (Wildman–Crippen MR) is 94.8 cm³/mol. The lowest BCUT2D eigenvalue weighted by atomic mass is 9.79. The van der Waals surface area contributed by atoms with Crippen molar-refractivity contribution < 1.29 is 22.7 Å². The van der Waals surface area contributed by atoms with E-state index in [1.807, 2.05) is 30.3 Å². The van der Waals surface area contributed by atoms with Crippen molar-refractivity contribution in [2.75, 3.05) is 52.6 Å². The number of hydrogen-bond acceptors (Lipinski definition) is 5. The lowest BCUT2D eigenvalue weighted by Gasteiger charge is -2.35. The Morgan fingerprint density at radius 2 is 1.88 bits per heavy atom. The van der Waals surface area contributed by atoms with E-state index in [0.717, 1.165) is 5.56 Å². The molecule has 0 aromatic heterocycles. The zero-order chi connectivity index (χ0) is 18.2. The average Bonchev–Trinajstić information content (AvgIpc) is 3.21. The second-order valence-corrected chi connectivity index (χ2v) is 9.28. The summed E-state index contributed by atoms with van der Waals surface area (Å²) in [6.45, 7) is 3.48. The van der Waals surface area contributed by atoms with Crippen LogP contribution in [0.2, 0.25) is 0 Å². The molecule has 0 bridgehead atoms. The van der Waals surface area contributed by atoms with Gasteiger partial charge in [-0.2, -0.15) is 0 Å². The summed E-state index contributed by atoms with van der Waals surface area (Å²) in [5.41, 5.74) is 0.00976. The standard InChI is InChI=1S/C18H24N2O5S/c21-17(19-6-8-24-9-7-19)18-13-20(10-16(18)11-25-14-18)26(22,23)12-15-4-2-1-3-5-15/h1-5,16H,6-14H2/t16-,18-/m1/s1. The van der Waals surface area contributed by atoms with E-state index >= 15 is 0 Å². The number of nitrogens with zero attached hydrogens (tertiary/aromatic N) is 2. The van der Waals surface area contributed by atoms with E-state index < -0.39 is 15.4 Å². The summed E-state index contributed by atoms with van der Waals surface area (Å²) in [5.74, 6) is -0.104. The second-order valence-electron chi connectivity index (χ2n) is 7.31. The molecule has 0 spiro atoms. The van der Waals surface area contributed by atoms with E-state index in [1.165, 1.54) is 4.31 Å². The van der Waals surface area contributed by atoms with E-state index in [9.17, 15) is 13.2 Å². The molecular weight excluding hydrogens is 356 g/mol. The molecule has 1 amide bonds. The van der Waals surface area contributed by atoms with E-state index in [0.29, 0.717) is 46.1 Å². The van der Waals surface area contributed by atoms with Gasteiger partial charge in [0.15, 0.2) is 0 Å². The first-order valence-corrected chi connectivity index (χ1v) is 10.6. The van der Waals surface area contributed by atoms with Crippen LogP contribution in [-0.4, -0.2) is 76.1 Å². The van der Waals surface area contributed by atoms with Gasteiger partial charge >= 0.3 is 0 Å². The van der Waals surface area contributed by atoms with Gasteiger partial charge in [-0.15, -0.1) is 0 Å². The second kappa shape index (κ2) is 6.92. The highest BCUT2D eigenvalue weighted by Gasteiger charge is 2.59. The quantitative estimate of drug-likeness (QED) is 0.752. The van der Waals surface area contributed by atoms with Crippen LogP contribution in [0.1, 0.15) is 5.56 Å². The van der Waals surface area contributed by atoms with Gasteiger partial charge in [0.1, 0.15) is 0 Å². The van der Waals surface area contributed by atoms with Crippen LogP contribution in [0.25, 0.3) is 0 Å². The number of carbonyl (C=O) groups is 1. The molecule has 3 heterocycles. The normalized spacial score (nSPS) is 29.7. The van der Waals surface area contributed by atoms with Gasteiger partial charge in [0.05, 0.1) is 37.6 Å². The highest BCUT2D eigenvalue weighted by atomic mass is 32.2. The van der Waals surface area contributed by atoms with Crippen molar-refractivity contribution in [3.63, 3.8) is 0 Å². The van der Waals surface area contributed by atoms with E-state index in [2.05, 4.69) is 0 Å². The Balaban J connectivity index is 1.53. The number of benzene rings is 1. The zero-order valence-electron chi connectivity index (χ0n) is 14.7. The van der Waals surface area contributed by atoms with Gasteiger partial charge in [0, 0.05) is 32.1 Å². The summed E-state index contributed by atoms with van der Waals surface area (Å²) in [7, 11) is -3.48. The lowest BCUT2D eigenvalue weighted by molar-refractivity contribution is -0.146. The maximum absolute atomic E-state index is 13.2. The molecule has 3 fully saturated rings. The van der Waals surface area contributed by atoms with Crippen molar-refractivity contribution >= 4 is 15.9 Å². The number of rotatable bonds is 4. The molecule has 26 heavy (non-hydrogen) atoms. The fourth-order valence-corrected chi connectivity index (χ4v) is 5.79. The third kappa shape index (κ3) is 3.15. The Hall–Kier alpha value is -1.48. The number of carbonyl (C=O) groups excluding carboxylic acids is 1. The molecule has 0 unspecified atom stereocenters. The highest BCUT2D eigenvalue weighted by molar-refractivity contribution is 7.88. The molecule has 0 saturated carbocycles. The lowest BCUT2D eigenvalue weighted by Crippen LogP contribution is -2.52. The zero-order valence-corrected chi connectivity index (χ0v) is 15.5. The Morgan fingerprint density at radius 3 is 2.62 bits per heavy atom. The van der Waals surface area contributed by atoms with Crippen LogP contribution in [0.15, 0.2) is 30.3 Å². The number of hydrogen-bond donors (Lipinski definition) is 0. The van der Waals surface area contributed by atoms with E-state index in [1.54, 1.807) is 4.90 Å². The third-order valence-corrected chi connectivity index (χ3v) is 7.42. The van der Waals surface area contributed by atoms with Crippen molar-refractivity contribution in [2.45, 2.75) is 5.75 Å². The monoisotopic (exact) mass is 380 g/mol. The molecule has 142 valence electrons. The van der Waals surface area contributed by atoms with Crippen molar-refractivity contribution in [3.8, 4) is 0 Å². The number of sulfonamides is 1. The minimum absolute atomic E-state index is 0.0145. The minimum atomic E-state index is -3.48. The molecule has 0 radical (unpaired) electrons. The summed E-state index contributed by atoms with van der Waals surface area (Å²) < 4.78 is 38.3. The summed E-state index contributed by atoms with van der Waals surface area (Å²) >= 11 is 0. The molecule has 2 atom stereocenters. The predicted octanol–water partition coefficient (Wildman–Crippen LogP) is 0.324. The maximum Gasteiger partial charge on any atom is 0.233 e. The summed E-state index contributed by atoms with van der Waals surface area (Å²) in [4.78, 5) is 15.0. The molecule has 0 N–H and O–H groups in total. The molecular formula is C18H24N2O5S. The van der Waals surface area contributed by atoms with Crippen LogP contribution in [0.5, 0.6) is 0 Å². The number of ether oxygens (including phenoxy) is 2. The average molecular weight is 380 g/mol. The Labute approximate surface area is 153 Å². The number of amides is 1. The SMILES string of the molecule is O=C(N1CCOCC1)[C@]12COC[C@H]1CN(S(=O)(=O)Cc1ccccc1)C2. The first-order valence-electron chi connectivity index (χ1n) is 8.98. The topological polar surface area (TPSA) is 76.2 Å². The fourth-order valence-electron chi connectivity index (χ4n) is 4.16. The fraction of sp³-hybridized carbons (Fsp3) is 0.611. The van der Waals surface area contributed by atoms with Gasteiger partial charge in [-0.1, -0.05) is 30.3 Å². The molecule has 1 aromatic carbocycles. The third-order valence-electron chi connectivity index (χ3n) is 5.65. The van der Waals surface area contributed by atoms with Crippen LogP contribution < -0.4 is 0 Å². The van der Waals surface area contributed by atoms with Gasteiger partial charge < -0.3 is 14.4 Å². The van der Waals surface area contributed by atoms with Crippen molar-refractivity contribution in [3.05, 3.63) is 35.9 Å². The smallest absolute Gasteiger partial charge is 0.233 e. The first-order chi connectivity index (χ1) is 12.5. The molecule has 3 aliphatic heterocycles. The molecule has 3 aliphatic rings. The van der Waals surface area contributed by atoms with Gasteiger partial charge in [-0.3, -0.25) is 4.79 Å². The van der Waals surface area contributed by atoms with Crippen LogP contribution in [0, 0.1) is 11.3 Å². The Morgan fingerprint density at radius 1 is 1.15 bits per heavy atom. The molecule has 1 aromatic rings. The summed E-state index contributed by atoms with van der Waals surface area (Å²) in [6.07, 6.45) is 0. The summed E-state index contributed by atoms with van der Waals surface area (Å²) in [6, 6.07) is 9.16. The minimum Gasteiger partial charge on any atom is -0.380 e. The molecule has 8 heteroatoms.